The summed E-state index contributed by atoms with van der Waals surface area (Å²) in [6.07, 6.45) is 4.48. The van der Waals surface area contributed by atoms with Gasteiger partial charge in [0.2, 0.25) is 5.16 Å². The Morgan fingerprint density at radius 1 is 1.32 bits per heavy atom. The summed E-state index contributed by atoms with van der Waals surface area (Å²) in [6.45, 7) is 3.33. The minimum absolute atomic E-state index is 0.0817. The fourth-order valence-corrected chi connectivity index (χ4v) is 3.66. The minimum atomic E-state index is -0.431. The first-order valence-corrected chi connectivity index (χ1v) is 9.26. The molecule has 2 aromatic rings. The second-order valence-electron chi connectivity index (χ2n) is 6.16. The molecule has 0 saturated heterocycles. The number of benzene rings is 1. The SMILES string of the molecule is CC(=O)c1ccc(C)cc1OC(=O)CSc1nnnn1C1CCCC1. The van der Waals surface area contributed by atoms with Crippen molar-refractivity contribution in [3.63, 3.8) is 0 Å². The number of nitrogens with zero attached hydrogens (tertiary/aromatic N) is 4. The maximum Gasteiger partial charge on any atom is 0.321 e. The summed E-state index contributed by atoms with van der Waals surface area (Å²) >= 11 is 1.25. The van der Waals surface area contributed by atoms with Crippen LogP contribution in [0.25, 0.3) is 0 Å². The topological polar surface area (TPSA) is 87.0 Å². The van der Waals surface area contributed by atoms with Crippen LogP contribution >= 0.6 is 11.8 Å². The van der Waals surface area contributed by atoms with Crippen LogP contribution in [0.15, 0.2) is 23.4 Å². The van der Waals surface area contributed by atoms with Crippen LogP contribution in [0.4, 0.5) is 0 Å². The Bertz CT molecular complexity index is 784. The van der Waals surface area contributed by atoms with Gasteiger partial charge in [0.1, 0.15) is 5.75 Å². The van der Waals surface area contributed by atoms with Gasteiger partial charge in [-0.1, -0.05) is 30.7 Å². The van der Waals surface area contributed by atoms with E-state index in [-0.39, 0.29) is 11.5 Å². The van der Waals surface area contributed by atoms with Gasteiger partial charge in [0.15, 0.2) is 5.78 Å². The van der Waals surface area contributed by atoms with Crippen LogP contribution in [0.1, 0.15) is 54.6 Å². The first-order chi connectivity index (χ1) is 12.0. The number of hydrogen-bond donors (Lipinski definition) is 0. The maximum atomic E-state index is 12.2. The minimum Gasteiger partial charge on any atom is -0.425 e. The highest BCUT2D eigenvalue weighted by Gasteiger charge is 2.22. The second kappa shape index (κ2) is 7.77. The molecule has 3 rings (SSSR count). The molecule has 0 N–H and O–H groups in total. The van der Waals surface area contributed by atoms with E-state index in [0.29, 0.717) is 22.5 Å². The predicted octanol–water partition coefficient (Wildman–Crippen LogP) is 3.00. The van der Waals surface area contributed by atoms with Crippen molar-refractivity contribution in [2.24, 2.45) is 0 Å². The monoisotopic (exact) mass is 360 g/mol. The first-order valence-electron chi connectivity index (χ1n) is 8.27. The Hall–Kier alpha value is -2.22. The van der Waals surface area contributed by atoms with Gasteiger partial charge in [0.05, 0.1) is 17.4 Å². The van der Waals surface area contributed by atoms with E-state index in [2.05, 4.69) is 15.5 Å². The number of ketones is 1. The lowest BCUT2D eigenvalue weighted by Crippen LogP contribution is -2.14. The molecule has 0 atom stereocenters. The molecule has 0 amide bonds. The summed E-state index contributed by atoms with van der Waals surface area (Å²) in [5.74, 6) is -0.188. The van der Waals surface area contributed by atoms with Gasteiger partial charge < -0.3 is 4.74 Å². The lowest BCUT2D eigenvalue weighted by molar-refractivity contribution is -0.131. The van der Waals surface area contributed by atoms with E-state index < -0.39 is 5.97 Å². The number of carbonyl (C=O) groups excluding carboxylic acids is 2. The highest BCUT2D eigenvalue weighted by molar-refractivity contribution is 7.99. The van der Waals surface area contributed by atoms with Crippen LogP contribution in [0.2, 0.25) is 0 Å². The zero-order valence-electron chi connectivity index (χ0n) is 14.3. The Kier molecular flexibility index (Phi) is 5.47. The molecule has 1 heterocycles. The standard InChI is InChI=1S/C17H20N4O3S/c1-11-7-8-14(12(2)22)15(9-11)24-16(23)10-25-17-18-19-20-21(17)13-5-3-4-6-13/h7-9,13H,3-6,10H2,1-2H3. The van der Waals surface area contributed by atoms with Gasteiger partial charge in [0, 0.05) is 0 Å². The zero-order valence-corrected chi connectivity index (χ0v) is 15.1. The van der Waals surface area contributed by atoms with Crippen LogP contribution in [0, 0.1) is 6.92 Å². The number of rotatable bonds is 6. The normalized spacial score (nSPS) is 14.6. The smallest absolute Gasteiger partial charge is 0.321 e. The molecule has 0 spiro atoms. The Morgan fingerprint density at radius 3 is 2.80 bits per heavy atom. The van der Waals surface area contributed by atoms with Gasteiger partial charge >= 0.3 is 5.97 Å². The molecule has 1 aromatic heterocycles. The van der Waals surface area contributed by atoms with Gasteiger partial charge in [-0.2, -0.15) is 0 Å². The van der Waals surface area contributed by atoms with E-state index >= 15 is 0 Å². The number of Topliss-reactive ketones (excluding diaryl/α,β-unsaturated/α-hetero) is 1. The number of thioether (sulfide) groups is 1. The maximum absolute atomic E-state index is 12.2. The average molecular weight is 360 g/mol. The Balaban J connectivity index is 1.64. The summed E-state index contributed by atoms with van der Waals surface area (Å²) in [6, 6.07) is 5.50. The molecule has 1 aliphatic rings. The molecule has 8 heteroatoms. The molecule has 0 bridgehead atoms. The molecule has 0 unspecified atom stereocenters. The van der Waals surface area contributed by atoms with Gasteiger partial charge in [0.25, 0.3) is 0 Å². The summed E-state index contributed by atoms with van der Waals surface area (Å²) in [5, 5.41) is 12.4. The first kappa shape index (κ1) is 17.6. The zero-order chi connectivity index (χ0) is 17.8. The number of ether oxygens (including phenoxy) is 1. The summed E-state index contributed by atoms with van der Waals surface area (Å²) < 4.78 is 7.20. The Labute approximate surface area is 150 Å². The number of esters is 1. The number of aromatic nitrogens is 4. The largest absolute Gasteiger partial charge is 0.425 e. The van der Waals surface area contributed by atoms with Gasteiger partial charge in [-0.3, -0.25) is 9.59 Å². The van der Waals surface area contributed by atoms with Crippen LogP contribution in [0.5, 0.6) is 5.75 Å². The second-order valence-corrected chi connectivity index (χ2v) is 7.11. The molecule has 1 aliphatic carbocycles. The van der Waals surface area contributed by atoms with E-state index in [0.717, 1.165) is 18.4 Å². The van der Waals surface area contributed by atoms with Crippen LogP contribution < -0.4 is 4.74 Å². The van der Waals surface area contributed by atoms with Crippen molar-refractivity contribution in [3.05, 3.63) is 29.3 Å². The fourth-order valence-electron chi connectivity index (χ4n) is 2.94. The molecular formula is C17H20N4O3S. The quantitative estimate of drug-likeness (QED) is 0.339. The number of tetrazole rings is 1. The van der Waals surface area contributed by atoms with Crippen LogP contribution in [-0.2, 0) is 4.79 Å². The van der Waals surface area contributed by atoms with Gasteiger partial charge in [-0.25, -0.2) is 4.68 Å². The predicted molar refractivity (Wildman–Crippen MR) is 92.9 cm³/mol. The third-order valence-corrected chi connectivity index (χ3v) is 5.10. The lowest BCUT2D eigenvalue weighted by atomic mass is 10.1. The highest BCUT2D eigenvalue weighted by Crippen LogP contribution is 2.31. The summed E-state index contributed by atoms with van der Waals surface area (Å²) in [4.78, 5) is 23.9. The highest BCUT2D eigenvalue weighted by atomic mass is 32.2. The number of carbonyl (C=O) groups is 2. The summed E-state index contributed by atoms with van der Waals surface area (Å²) in [7, 11) is 0. The van der Waals surface area contributed by atoms with E-state index in [1.54, 1.807) is 16.8 Å². The molecule has 7 nitrogen and oxygen atoms in total. The van der Waals surface area contributed by atoms with Crippen molar-refractivity contribution in [2.45, 2.75) is 50.7 Å². The van der Waals surface area contributed by atoms with Gasteiger partial charge in [-0.15, -0.1) is 5.10 Å². The number of hydrogen-bond acceptors (Lipinski definition) is 7. The van der Waals surface area contributed by atoms with E-state index in [4.69, 9.17) is 4.74 Å². The van der Waals surface area contributed by atoms with E-state index in [1.165, 1.54) is 31.5 Å². The lowest BCUT2D eigenvalue weighted by Gasteiger charge is -2.11. The third-order valence-electron chi connectivity index (χ3n) is 4.19. The molecular weight excluding hydrogens is 340 g/mol. The van der Waals surface area contributed by atoms with Crippen molar-refractivity contribution in [1.82, 2.24) is 20.2 Å². The van der Waals surface area contributed by atoms with Gasteiger partial charge in [-0.05, 0) is 54.8 Å². The third kappa shape index (κ3) is 4.25. The van der Waals surface area contributed by atoms with Crippen molar-refractivity contribution in [2.75, 3.05) is 5.75 Å². The Morgan fingerprint density at radius 2 is 2.08 bits per heavy atom. The van der Waals surface area contributed by atoms with Crippen LogP contribution in [-0.4, -0.2) is 37.7 Å². The summed E-state index contributed by atoms with van der Waals surface area (Å²) in [5.41, 5.74) is 1.32. The van der Waals surface area contributed by atoms with Crippen molar-refractivity contribution in [3.8, 4) is 5.75 Å². The molecule has 1 saturated carbocycles. The molecule has 1 fully saturated rings. The average Bonchev–Trinajstić information content (AvgIpc) is 3.23. The van der Waals surface area contributed by atoms with E-state index in [9.17, 15) is 9.59 Å². The van der Waals surface area contributed by atoms with Crippen molar-refractivity contribution < 1.29 is 14.3 Å². The molecule has 25 heavy (non-hydrogen) atoms. The molecule has 132 valence electrons. The van der Waals surface area contributed by atoms with E-state index in [1.807, 2.05) is 13.0 Å². The number of aryl methyl sites for hydroxylation is 1. The van der Waals surface area contributed by atoms with Crippen LogP contribution in [0.3, 0.4) is 0 Å². The fraction of sp³-hybridized carbons (Fsp3) is 0.471. The molecule has 0 radical (unpaired) electrons. The van der Waals surface area contributed by atoms with Crippen molar-refractivity contribution >= 4 is 23.5 Å². The molecule has 0 aliphatic heterocycles. The van der Waals surface area contributed by atoms with Crippen molar-refractivity contribution in [1.29, 1.82) is 0 Å². The molecule has 1 aromatic carbocycles.